The number of alkyl halides is 1. The molecule has 0 spiro atoms. The van der Waals surface area contributed by atoms with E-state index in [-0.39, 0.29) is 11.8 Å². The standard InChI is InChI=1S/C16H19ClN2O/c17-11-14-18-16(19-20-14)15(12-7-3-1-4-8-12)13-9-5-2-6-10-13/h1,3-4,7-8,13,15H,2,5-6,9-11H2. The lowest BCUT2D eigenvalue weighted by molar-refractivity contribution is 0.311. The average molecular weight is 291 g/mol. The van der Waals surface area contributed by atoms with Crippen molar-refractivity contribution in [2.24, 2.45) is 5.92 Å². The number of hydrogen-bond donors (Lipinski definition) is 0. The van der Waals surface area contributed by atoms with Gasteiger partial charge in [0.25, 0.3) is 0 Å². The van der Waals surface area contributed by atoms with Crippen molar-refractivity contribution in [2.45, 2.75) is 43.9 Å². The molecule has 0 aliphatic heterocycles. The van der Waals surface area contributed by atoms with Crippen molar-refractivity contribution in [1.29, 1.82) is 0 Å². The summed E-state index contributed by atoms with van der Waals surface area (Å²) in [5.41, 5.74) is 1.28. The Kier molecular flexibility index (Phi) is 4.36. The van der Waals surface area contributed by atoms with Crippen molar-refractivity contribution in [3.8, 4) is 0 Å². The van der Waals surface area contributed by atoms with E-state index in [0.29, 0.717) is 11.8 Å². The van der Waals surface area contributed by atoms with Gasteiger partial charge in [0.15, 0.2) is 5.82 Å². The lowest BCUT2D eigenvalue weighted by atomic mass is 9.76. The van der Waals surface area contributed by atoms with Gasteiger partial charge in [0, 0.05) is 0 Å². The topological polar surface area (TPSA) is 38.9 Å². The molecule has 1 unspecified atom stereocenters. The molecule has 1 aromatic carbocycles. The third-order valence-corrected chi connectivity index (χ3v) is 4.38. The van der Waals surface area contributed by atoms with Gasteiger partial charge in [-0.25, -0.2) is 0 Å². The van der Waals surface area contributed by atoms with Crippen LogP contribution in [-0.4, -0.2) is 10.1 Å². The predicted octanol–water partition coefficient (Wildman–Crippen LogP) is 4.52. The van der Waals surface area contributed by atoms with Crippen molar-refractivity contribution in [2.75, 3.05) is 0 Å². The third-order valence-electron chi connectivity index (χ3n) is 4.16. The number of benzene rings is 1. The Morgan fingerprint density at radius 2 is 1.90 bits per heavy atom. The summed E-state index contributed by atoms with van der Waals surface area (Å²) >= 11 is 5.78. The Labute approximate surface area is 124 Å². The Morgan fingerprint density at radius 1 is 1.15 bits per heavy atom. The van der Waals surface area contributed by atoms with E-state index in [0.717, 1.165) is 5.82 Å². The zero-order chi connectivity index (χ0) is 13.8. The lowest BCUT2D eigenvalue weighted by Gasteiger charge is -2.28. The van der Waals surface area contributed by atoms with Gasteiger partial charge in [0.05, 0.1) is 5.92 Å². The largest absolute Gasteiger partial charge is 0.338 e. The fourth-order valence-electron chi connectivity index (χ4n) is 3.21. The Morgan fingerprint density at radius 3 is 2.55 bits per heavy atom. The van der Waals surface area contributed by atoms with E-state index in [4.69, 9.17) is 16.1 Å². The van der Waals surface area contributed by atoms with Crippen LogP contribution in [0.4, 0.5) is 0 Å². The van der Waals surface area contributed by atoms with Crippen LogP contribution in [0.25, 0.3) is 0 Å². The molecular weight excluding hydrogens is 272 g/mol. The highest BCUT2D eigenvalue weighted by atomic mass is 35.5. The summed E-state index contributed by atoms with van der Waals surface area (Å²) in [6.45, 7) is 0. The van der Waals surface area contributed by atoms with Crippen molar-refractivity contribution >= 4 is 11.6 Å². The second kappa shape index (κ2) is 6.40. The van der Waals surface area contributed by atoms with E-state index in [2.05, 4.69) is 34.4 Å². The van der Waals surface area contributed by atoms with Gasteiger partial charge in [0.2, 0.25) is 5.89 Å². The highest BCUT2D eigenvalue weighted by Crippen LogP contribution is 2.39. The first kappa shape index (κ1) is 13.6. The van der Waals surface area contributed by atoms with E-state index in [1.807, 2.05) is 6.07 Å². The molecule has 4 heteroatoms. The number of hydrogen-bond acceptors (Lipinski definition) is 3. The first-order chi connectivity index (χ1) is 9.88. The lowest BCUT2D eigenvalue weighted by Crippen LogP contribution is -2.18. The second-order valence-electron chi connectivity index (χ2n) is 5.47. The molecule has 0 radical (unpaired) electrons. The third kappa shape index (κ3) is 2.88. The summed E-state index contributed by atoms with van der Waals surface area (Å²) in [5, 5.41) is 4.17. The van der Waals surface area contributed by atoms with Crippen LogP contribution >= 0.6 is 11.6 Å². The van der Waals surface area contributed by atoms with Crippen LogP contribution in [-0.2, 0) is 5.88 Å². The summed E-state index contributed by atoms with van der Waals surface area (Å²) < 4.78 is 5.21. The summed E-state index contributed by atoms with van der Waals surface area (Å²) in [7, 11) is 0. The van der Waals surface area contributed by atoms with Gasteiger partial charge < -0.3 is 4.52 Å². The van der Waals surface area contributed by atoms with Crippen LogP contribution < -0.4 is 0 Å². The number of rotatable bonds is 4. The molecule has 3 nitrogen and oxygen atoms in total. The van der Waals surface area contributed by atoms with Crippen LogP contribution in [0.2, 0.25) is 0 Å². The minimum atomic E-state index is 0.234. The van der Waals surface area contributed by atoms with Gasteiger partial charge in [0.1, 0.15) is 5.88 Å². The van der Waals surface area contributed by atoms with Crippen LogP contribution in [0, 0.1) is 5.92 Å². The van der Waals surface area contributed by atoms with Crippen molar-refractivity contribution < 1.29 is 4.52 Å². The average Bonchev–Trinajstić information content (AvgIpc) is 2.98. The molecule has 3 rings (SSSR count). The first-order valence-corrected chi connectivity index (χ1v) is 7.85. The van der Waals surface area contributed by atoms with E-state index < -0.39 is 0 Å². The Hall–Kier alpha value is -1.35. The minimum Gasteiger partial charge on any atom is -0.338 e. The molecule has 1 saturated carbocycles. The van der Waals surface area contributed by atoms with Crippen molar-refractivity contribution in [3.63, 3.8) is 0 Å². The smallest absolute Gasteiger partial charge is 0.241 e. The fourth-order valence-corrected chi connectivity index (χ4v) is 3.32. The molecule has 2 aromatic rings. The molecule has 0 amide bonds. The van der Waals surface area contributed by atoms with Gasteiger partial charge in [-0.2, -0.15) is 4.98 Å². The zero-order valence-electron chi connectivity index (χ0n) is 11.5. The normalized spacial score (nSPS) is 18.1. The maximum Gasteiger partial charge on any atom is 0.241 e. The summed E-state index contributed by atoms with van der Waals surface area (Å²) in [4.78, 5) is 4.47. The highest BCUT2D eigenvalue weighted by molar-refractivity contribution is 6.16. The summed E-state index contributed by atoms with van der Waals surface area (Å²) in [6.07, 6.45) is 6.42. The molecule has 1 fully saturated rings. The number of halogens is 1. The van der Waals surface area contributed by atoms with Gasteiger partial charge in [-0.3, -0.25) is 0 Å². The van der Waals surface area contributed by atoms with E-state index in [1.54, 1.807) is 0 Å². The van der Waals surface area contributed by atoms with Crippen molar-refractivity contribution in [1.82, 2.24) is 10.1 Å². The Bertz CT molecular complexity index is 534. The molecule has 1 aliphatic carbocycles. The number of aromatic nitrogens is 2. The fraction of sp³-hybridized carbons (Fsp3) is 0.500. The maximum atomic E-state index is 5.78. The van der Waals surface area contributed by atoms with Crippen LogP contribution in [0.15, 0.2) is 34.9 Å². The molecule has 0 N–H and O–H groups in total. The molecule has 106 valence electrons. The first-order valence-electron chi connectivity index (χ1n) is 7.32. The van der Waals surface area contributed by atoms with Crippen LogP contribution in [0.5, 0.6) is 0 Å². The molecule has 0 saturated heterocycles. The highest BCUT2D eigenvalue weighted by Gasteiger charge is 2.30. The van der Waals surface area contributed by atoms with E-state index in [1.165, 1.54) is 37.7 Å². The molecule has 20 heavy (non-hydrogen) atoms. The minimum absolute atomic E-state index is 0.234. The van der Waals surface area contributed by atoms with E-state index in [9.17, 15) is 0 Å². The summed E-state index contributed by atoms with van der Waals surface area (Å²) in [5.74, 6) is 2.42. The van der Waals surface area contributed by atoms with Gasteiger partial charge in [-0.15, -0.1) is 11.6 Å². The molecule has 1 heterocycles. The predicted molar refractivity (Wildman–Crippen MR) is 78.7 cm³/mol. The van der Waals surface area contributed by atoms with Gasteiger partial charge >= 0.3 is 0 Å². The van der Waals surface area contributed by atoms with Crippen LogP contribution in [0.3, 0.4) is 0 Å². The van der Waals surface area contributed by atoms with Crippen molar-refractivity contribution in [3.05, 3.63) is 47.6 Å². The molecular formula is C16H19ClN2O. The summed E-state index contributed by atoms with van der Waals surface area (Å²) in [6, 6.07) is 10.5. The Balaban J connectivity index is 1.94. The monoisotopic (exact) mass is 290 g/mol. The van der Waals surface area contributed by atoms with Gasteiger partial charge in [-0.05, 0) is 24.3 Å². The molecule has 1 aromatic heterocycles. The maximum absolute atomic E-state index is 5.78. The number of nitrogens with zero attached hydrogens (tertiary/aromatic N) is 2. The van der Waals surface area contributed by atoms with Gasteiger partial charge in [-0.1, -0.05) is 54.8 Å². The SMILES string of the molecule is ClCc1nc(C(c2ccccc2)C2CCCCC2)no1. The molecule has 0 bridgehead atoms. The van der Waals surface area contributed by atoms with Crippen LogP contribution in [0.1, 0.15) is 55.3 Å². The second-order valence-corrected chi connectivity index (χ2v) is 5.73. The molecule has 1 aliphatic rings. The van der Waals surface area contributed by atoms with E-state index >= 15 is 0 Å². The quantitative estimate of drug-likeness (QED) is 0.777. The zero-order valence-corrected chi connectivity index (χ0v) is 12.2. The molecule has 1 atom stereocenters.